The lowest BCUT2D eigenvalue weighted by Gasteiger charge is -2.13. The number of carboxylic acids is 1. The van der Waals surface area contributed by atoms with Crippen molar-refractivity contribution in [3.8, 4) is 5.75 Å². The van der Waals surface area contributed by atoms with Gasteiger partial charge in [-0.3, -0.25) is 9.59 Å². The van der Waals surface area contributed by atoms with E-state index in [-0.39, 0.29) is 18.6 Å². The quantitative estimate of drug-likeness (QED) is 0.811. The van der Waals surface area contributed by atoms with E-state index in [1.54, 1.807) is 12.2 Å². The highest BCUT2D eigenvalue weighted by Gasteiger charge is 2.25. The Morgan fingerprint density at radius 2 is 2.05 bits per heavy atom. The molecule has 0 fully saturated rings. The number of hydrogen-bond acceptors (Lipinski definition) is 3. The van der Waals surface area contributed by atoms with E-state index >= 15 is 0 Å². The molecule has 2 unspecified atom stereocenters. The summed E-state index contributed by atoms with van der Waals surface area (Å²) in [5.74, 6) is -0.988. The third-order valence-electron chi connectivity index (χ3n) is 3.60. The number of rotatable bonds is 5. The average Bonchev–Trinajstić information content (AvgIpc) is 2.89. The SMILES string of the molecule is Cc1ccc(OCC(=O)NC2C=CC(C(=O)O)C2)cc1C. The van der Waals surface area contributed by atoms with Crippen molar-refractivity contribution >= 4 is 11.9 Å². The first-order chi connectivity index (χ1) is 9.95. The molecule has 1 amide bonds. The van der Waals surface area contributed by atoms with Gasteiger partial charge in [0, 0.05) is 6.04 Å². The van der Waals surface area contributed by atoms with Crippen molar-refractivity contribution in [2.45, 2.75) is 26.3 Å². The van der Waals surface area contributed by atoms with Crippen LogP contribution in [0.25, 0.3) is 0 Å². The van der Waals surface area contributed by atoms with Crippen LogP contribution in [0.15, 0.2) is 30.4 Å². The van der Waals surface area contributed by atoms with Gasteiger partial charge < -0.3 is 15.2 Å². The second-order valence-electron chi connectivity index (χ2n) is 5.27. The number of amides is 1. The molecular formula is C16H19NO4. The van der Waals surface area contributed by atoms with Gasteiger partial charge in [-0.15, -0.1) is 0 Å². The summed E-state index contributed by atoms with van der Waals surface area (Å²) in [5.41, 5.74) is 2.28. The maximum absolute atomic E-state index is 11.8. The zero-order valence-corrected chi connectivity index (χ0v) is 12.1. The largest absolute Gasteiger partial charge is 0.484 e. The third-order valence-corrected chi connectivity index (χ3v) is 3.60. The highest BCUT2D eigenvalue weighted by atomic mass is 16.5. The summed E-state index contributed by atoms with van der Waals surface area (Å²) in [4.78, 5) is 22.6. The van der Waals surface area contributed by atoms with E-state index in [2.05, 4.69) is 5.32 Å². The van der Waals surface area contributed by atoms with Crippen LogP contribution in [0.5, 0.6) is 5.75 Å². The summed E-state index contributed by atoms with van der Waals surface area (Å²) in [5, 5.41) is 11.6. The molecular weight excluding hydrogens is 270 g/mol. The van der Waals surface area contributed by atoms with Gasteiger partial charge in [0.2, 0.25) is 0 Å². The van der Waals surface area contributed by atoms with Gasteiger partial charge >= 0.3 is 5.97 Å². The smallest absolute Gasteiger partial charge is 0.310 e. The molecule has 1 aromatic carbocycles. The van der Waals surface area contributed by atoms with Gasteiger partial charge in [-0.25, -0.2) is 0 Å². The Morgan fingerprint density at radius 1 is 1.29 bits per heavy atom. The van der Waals surface area contributed by atoms with Crippen LogP contribution in [0.3, 0.4) is 0 Å². The van der Waals surface area contributed by atoms with Crippen molar-refractivity contribution in [2.75, 3.05) is 6.61 Å². The van der Waals surface area contributed by atoms with Crippen LogP contribution in [0.4, 0.5) is 0 Å². The van der Waals surface area contributed by atoms with E-state index in [1.807, 2.05) is 32.0 Å². The monoisotopic (exact) mass is 289 g/mol. The van der Waals surface area contributed by atoms with Crippen LogP contribution in [-0.2, 0) is 9.59 Å². The Hall–Kier alpha value is -2.30. The van der Waals surface area contributed by atoms with Crippen molar-refractivity contribution in [1.82, 2.24) is 5.32 Å². The summed E-state index contributed by atoms with van der Waals surface area (Å²) in [7, 11) is 0. The number of hydrogen-bond donors (Lipinski definition) is 2. The van der Waals surface area contributed by atoms with Crippen LogP contribution < -0.4 is 10.1 Å². The fraction of sp³-hybridized carbons (Fsp3) is 0.375. The van der Waals surface area contributed by atoms with Crippen molar-refractivity contribution < 1.29 is 19.4 Å². The zero-order chi connectivity index (χ0) is 15.4. The Kier molecular flexibility index (Phi) is 4.62. The first-order valence-electron chi connectivity index (χ1n) is 6.86. The van der Waals surface area contributed by atoms with Gasteiger partial charge in [-0.2, -0.15) is 0 Å². The van der Waals surface area contributed by atoms with E-state index in [4.69, 9.17) is 9.84 Å². The number of nitrogens with one attached hydrogen (secondary N) is 1. The highest BCUT2D eigenvalue weighted by Crippen LogP contribution is 2.18. The molecule has 0 spiro atoms. The maximum Gasteiger partial charge on any atom is 0.310 e. The molecule has 0 heterocycles. The minimum Gasteiger partial charge on any atom is -0.484 e. The molecule has 5 heteroatoms. The molecule has 5 nitrogen and oxygen atoms in total. The van der Waals surface area contributed by atoms with Gasteiger partial charge in [0.1, 0.15) is 5.75 Å². The molecule has 0 bridgehead atoms. The zero-order valence-electron chi connectivity index (χ0n) is 12.1. The van der Waals surface area contributed by atoms with Crippen LogP contribution >= 0.6 is 0 Å². The van der Waals surface area contributed by atoms with E-state index < -0.39 is 11.9 Å². The van der Waals surface area contributed by atoms with Gasteiger partial charge in [-0.05, 0) is 43.5 Å². The predicted molar refractivity (Wildman–Crippen MR) is 78.2 cm³/mol. The molecule has 0 radical (unpaired) electrons. The minimum atomic E-state index is -0.866. The number of carbonyl (C=O) groups is 2. The molecule has 2 atom stereocenters. The normalized spacial score (nSPS) is 20.3. The summed E-state index contributed by atoms with van der Waals surface area (Å²) in [6, 6.07) is 5.42. The summed E-state index contributed by atoms with van der Waals surface area (Å²) in [6.45, 7) is 3.92. The number of aryl methyl sites for hydroxylation is 2. The molecule has 21 heavy (non-hydrogen) atoms. The summed E-state index contributed by atoms with van der Waals surface area (Å²) in [6.07, 6.45) is 3.72. The Labute approximate surface area is 123 Å². The molecule has 2 N–H and O–H groups in total. The molecule has 1 aliphatic rings. The second-order valence-corrected chi connectivity index (χ2v) is 5.27. The topological polar surface area (TPSA) is 75.6 Å². The number of benzene rings is 1. The van der Waals surface area contributed by atoms with E-state index in [9.17, 15) is 9.59 Å². The van der Waals surface area contributed by atoms with E-state index in [0.717, 1.165) is 5.56 Å². The highest BCUT2D eigenvalue weighted by molar-refractivity contribution is 5.79. The molecule has 0 saturated carbocycles. The fourth-order valence-corrected chi connectivity index (χ4v) is 2.19. The van der Waals surface area contributed by atoms with Crippen LogP contribution in [0.2, 0.25) is 0 Å². The first kappa shape index (κ1) is 15.1. The predicted octanol–water partition coefficient (Wildman–Crippen LogP) is 1.83. The molecule has 2 rings (SSSR count). The van der Waals surface area contributed by atoms with Gasteiger partial charge in [0.15, 0.2) is 6.61 Å². The molecule has 1 aromatic rings. The van der Waals surface area contributed by atoms with Crippen molar-refractivity contribution in [3.05, 3.63) is 41.5 Å². The molecule has 0 aromatic heterocycles. The molecule has 0 saturated heterocycles. The van der Waals surface area contributed by atoms with Gasteiger partial charge in [0.05, 0.1) is 5.92 Å². The van der Waals surface area contributed by atoms with E-state index in [0.29, 0.717) is 12.2 Å². The third kappa shape index (κ3) is 4.08. The molecule has 112 valence electrons. The standard InChI is InChI=1S/C16H19NO4/c1-10-3-6-14(7-11(10)2)21-9-15(18)17-13-5-4-12(8-13)16(19)20/h3-7,12-13H,8-9H2,1-2H3,(H,17,18)(H,19,20). The van der Waals surface area contributed by atoms with Crippen LogP contribution in [-0.4, -0.2) is 29.6 Å². The second kappa shape index (κ2) is 6.43. The Balaban J connectivity index is 1.79. The summed E-state index contributed by atoms with van der Waals surface area (Å²) < 4.78 is 5.44. The number of carbonyl (C=O) groups excluding carboxylic acids is 1. The van der Waals surface area contributed by atoms with Crippen molar-refractivity contribution in [1.29, 1.82) is 0 Å². The lowest BCUT2D eigenvalue weighted by molar-refractivity contribution is -0.140. The van der Waals surface area contributed by atoms with Crippen LogP contribution in [0.1, 0.15) is 17.5 Å². The minimum absolute atomic E-state index is 0.0788. The Bertz CT molecular complexity index is 580. The summed E-state index contributed by atoms with van der Waals surface area (Å²) >= 11 is 0. The van der Waals surface area contributed by atoms with Gasteiger partial charge in [-0.1, -0.05) is 18.2 Å². The fourth-order valence-electron chi connectivity index (χ4n) is 2.19. The molecule has 0 aliphatic heterocycles. The van der Waals surface area contributed by atoms with Crippen LogP contribution in [0, 0.1) is 19.8 Å². The number of carboxylic acid groups (broad SMARTS) is 1. The number of ether oxygens (including phenoxy) is 1. The average molecular weight is 289 g/mol. The molecule has 1 aliphatic carbocycles. The lowest BCUT2D eigenvalue weighted by Crippen LogP contribution is -2.36. The van der Waals surface area contributed by atoms with E-state index in [1.165, 1.54) is 5.56 Å². The van der Waals surface area contributed by atoms with Gasteiger partial charge in [0.25, 0.3) is 5.91 Å². The Morgan fingerprint density at radius 3 is 2.67 bits per heavy atom. The van der Waals surface area contributed by atoms with Crippen molar-refractivity contribution in [2.24, 2.45) is 5.92 Å². The number of aliphatic carboxylic acids is 1. The maximum atomic E-state index is 11.8. The lowest BCUT2D eigenvalue weighted by atomic mass is 10.1. The van der Waals surface area contributed by atoms with Crippen molar-refractivity contribution in [3.63, 3.8) is 0 Å². The first-order valence-corrected chi connectivity index (χ1v) is 6.86.